The van der Waals surface area contributed by atoms with E-state index < -0.39 is 0 Å². The monoisotopic (exact) mass is 166 g/mol. The molecule has 68 valence electrons. The predicted octanol–water partition coefficient (Wildman–Crippen LogP) is 0.873. The minimum Gasteiger partial charge on any atom is -0.347 e. The summed E-state index contributed by atoms with van der Waals surface area (Å²) >= 11 is 0. The van der Waals surface area contributed by atoms with Crippen molar-refractivity contribution in [3.63, 3.8) is 0 Å². The molecule has 0 amide bonds. The Balaban J connectivity index is 2.53. The summed E-state index contributed by atoms with van der Waals surface area (Å²) < 4.78 is 0. The highest BCUT2D eigenvalue weighted by Gasteiger charge is 2.26. The van der Waals surface area contributed by atoms with Gasteiger partial charge < -0.3 is 4.81 Å². The summed E-state index contributed by atoms with van der Waals surface area (Å²) in [6, 6.07) is 1.61. The van der Waals surface area contributed by atoms with Gasteiger partial charge in [-0.05, 0) is 27.7 Å². The van der Waals surface area contributed by atoms with Crippen LogP contribution in [-0.4, -0.2) is 48.9 Å². The van der Waals surface area contributed by atoms with Crippen LogP contribution in [0.25, 0.3) is 0 Å². The molecule has 1 heterocycles. The highest BCUT2D eigenvalue weighted by molar-refractivity contribution is 6.04. The first-order chi connectivity index (χ1) is 5.52. The van der Waals surface area contributed by atoms with E-state index in [1.807, 2.05) is 4.81 Å². The van der Waals surface area contributed by atoms with Gasteiger partial charge in [-0.3, -0.25) is 4.90 Å². The number of hydrogen-bond donors (Lipinski definition) is 0. The van der Waals surface area contributed by atoms with Crippen LogP contribution < -0.4 is 0 Å². The summed E-state index contributed by atoms with van der Waals surface area (Å²) in [6.45, 7) is 11.0. The van der Waals surface area contributed by atoms with Gasteiger partial charge in [0.05, 0.1) is 0 Å². The van der Waals surface area contributed by atoms with E-state index in [1.165, 1.54) is 0 Å². The van der Waals surface area contributed by atoms with E-state index in [4.69, 9.17) is 7.98 Å². The van der Waals surface area contributed by atoms with Gasteiger partial charge in [-0.1, -0.05) is 0 Å². The molecule has 1 saturated heterocycles. The van der Waals surface area contributed by atoms with Crippen molar-refractivity contribution in [1.29, 1.82) is 0 Å². The molecule has 1 fully saturated rings. The second-order valence-corrected chi connectivity index (χ2v) is 4.19. The number of piperazine rings is 1. The fourth-order valence-electron chi connectivity index (χ4n) is 1.80. The average Bonchev–Trinajstić information content (AvgIpc) is 1.99. The Morgan fingerprint density at radius 1 is 1.17 bits per heavy atom. The molecule has 1 rings (SSSR count). The molecule has 0 aromatic carbocycles. The maximum absolute atomic E-state index is 5.89. The zero-order valence-corrected chi connectivity index (χ0v) is 8.62. The van der Waals surface area contributed by atoms with Gasteiger partial charge in [0.1, 0.15) is 0 Å². The van der Waals surface area contributed by atoms with E-state index in [1.54, 1.807) is 0 Å². The molecule has 2 nitrogen and oxygen atoms in total. The van der Waals surface area contributed by atoms with Crippen molar-refractivity contribution in [2.75, 3.05) is 13.1 Å². The molecule has 2 atom stereocenters. The smallest absolute Gasteiger partial charge is 0.183 e. The Hall–Kier alpha value is -0.0151. The minimum absolute atomic E-state index is 0.483. The molecule has 12 heavy (non-hydrogen) atoms. The lowest BCUT2D eigenvalue weighted by Crippen LogP contribution is -2.57. The van der Waals surface area contributed by atoms with Crippen molar-refractivity contribution >= 4 is 7.98 Å². The van der Waals surface area contributed by atoms with Crippen molar-refractivity contribution in [3.8, 4) is 0 Å². The van der Waals surface area contributed by atoms with Crippen molar-refractivity contribution < 1.29 is 0 Å². The molecule has 0 aromatic heterocycles. The molecule has 2 radical (unpaired) electrons. The lowest BCUT2D eigenvalue weighted by atomic mass is 10.0. The van der Waals surface area contributed by atoms with Gasteiger partial charge in [0, 0.05) is 31.2 Å². The van der Waals surface area contributed by atoms with E-state index in [0.717, 1.165) is 13.1 Å². The van der Waals surface area contributed by atoms with Crippen molar-refractivity contribution in [1.82, 2.24) is 9.71 Å². The summed E-state index contributed by atoms with van der Waals surface area (Å²) in [4.78, 5) is 4.46. The van der Waals surface area contributed by atoms with Crippen LogP contribution in [0.4, 0.5) is 0 Å². The molecule has 1 unspecified atom stereocenters. The number of hydrogen-bond acceptors (Lipinski definition) is 2. The van der Waals surface area contributed by atoms with Gasteiger partial charge >= 0.3 is 0 Å². The standard InChI is InChI=1S/C9H19BN2/c1-7(2)11-5-8(3)12(10)9(4)6-11/h7-9H,5-6H2,1-4H3/t8-,9?/m1/s1. The number of rotatable bonds is 1. The maximum atomic E-state index is 5.89. The van der Waals surface area contributed by atoms with Gasteiger partial charge in [-0.25, -0.2) is 0 Å². The molecule has 0 aromatic rings. The molecule has 0 spiro atoms. The maximum Gasteiger partial charge on any atom is 0.183 e. The summed E-state index contributed by atoms with van der Waals surface area (Å²) in [7, 11) is 5.89. The summed E-state index contributed by atoms with van der Waals surface area (Å²) in [5.74, 6) is 0. The van der Waals surface area contributed by atoms with Crippen LogP contribution in [0.5, 0.6) is 0 Å². The average molecular weight is 166 g/mol. The molecule has 0 bridgehead atoms. The Bertz CT molecular complexity index is 137. The van der Waals surface area contributed by atoms with Gasteiger partial charge in [0.15, 0.2) is 7.98 Å². The molecule has 3 heteroatoms. The fourth-order valence-corrected chi connectivity index (χ4v) is 1.80. The third-order valence-electron chi connectivity index (χ3n) is 2.75. The third-order valence-corrected chi connectivity index (χ3v) is 2.75. The number of nitrogens with zero attached hydrogens (tertiary/aromatic N) is 2. The Kier molecular flexibility index (Phi) is 3.19. The van der Waals surface area contributed by atoms with Crippen LogP contribution in [0.3, 0.4) is 0 Å². The Morgan fingerprint density at radius 3 is 1.92 bits per heavy atom. The van der Waals surface area contributed by atoms with Crippen LogP contribution >= 0.6 is 0 Å². The van der Waals surface area contributed by atoms with E-state index in [9.17, 15) is 0 Å². The van der Waals surface area contributed by atoms with E-state index >= 15 is 0 Å². The lowest BCUT2D eigenvalue weighted by Gasteiger charge is -2.44. The second kappa shape index (κ2) is 3.80. The Labute approximate surface area is 77.3 Å². The molecule has 1 aliphatic rings. The molecule has 1 aliphatic heterocycles. The van der Waals surface area contributed by atoms with Gasteiger partial charge in [-0.15, -0.1) is 0 Å². The van der Waals surface area contributed by atoms with E-state index in [-0.39, 0.29) is 0 Å². The quantitative estimate of drug-likeness (QED) is 0.533. The first-order valence-corrected chi connectivity index (χ1v) is 4.79. The third kappa shape index (κ3) is 2.02. The van der Waals surface area contributed by atoms with Crippen molar-refractivity contribution in [2.45, 2.75) is 45.8 Å². The van der Waals surface area contributed by atoms with Crippen LogP contribution in [0.2, 0.25) is 0 Å². The highest BCUT2D eigenvalue weighted by Crippen LogP contribution is 2.14. The molecular weight excluding hydrogens is 147 g/mol. The van der Waals surface area contributed by atoms with E-state index in [0.29, 0.717) is 18.1 Å². The topological polar surface area (TPSA) is 6.48 Å². The van der Waals surface area contributed by atoms with Gasteiger partial charge in [-0.2, -0.15) is 0 Å². The molecule has 0 aliphatic carbocycles. The zero-order chi connectivity index (χ0) is 9.30. The van der Waals surface area contributed by atoms with Crippen LogP contribution in [0.1, 0.15) is 27.7 Å². The van der Waals surface area contributed by atoms with Crippen molar-refractivity contribution in [2.24, 2.45) is 0 Å². The molecular formula is C9H19BN2. The minimum atomic E-state index is 0.483. The van der Waals surface area contributed by atoms with Crippen LogP contribution in [0.15, 0.2) is 0 Å². The first-order valence-electron chi connectivity index (χ1n) is 4.79. The lowest BCUT2D eigenvalue weighted by molar-refractivity contribution is 0.0804. The SMILES string of the molecule is [B]N1C(C)CN(C(C)C)C[C@H]1C. The highest BCUT2D eigenvalue weighted by atomic mass is 15.3. The van der Waals surface area contributed by atoms with Gasteiger partial charge in [0.2, 0.25) is 0 Å². The normalized spacial score (nSPS) is 34.4. The van der Waals surface area contributed by atoms with Crippen LogP contribution in [0, 0.1) is 0 Å². The molecule has 0 saturated carbocycles. The van der Waals surface area contributed by atoms with Gasteiger partial charge in [0.25, 0.3) is 0 Å². The summed E-state index contributed by atoms with van der Waals surface area (Å²) in [6.07, 6.45) is 0. The van der Waals surface area contributed by atoms with E-state index in [2.05, 4.69) is 32.6 Å². The first kappa shape index (κ1) is 10.1. The fraction of sp³-hybridized carbons (Fsp3) is 1.00. The Morgan fingerprint density at radius 2 is 1.58 bits per heavy atom. The van der Waals surface area contributed by atoms with Crippen molar-refractivity contribution in [3.05, 3.63) is 0 Å². The summed E-state index contributed by atoms with van der Waals surface area (Å²) in [5, 5.41) is 0. The predicted molar refractivity (Wildman–Crippen MR) is 53.2 cm³/mol. The zero-order valence-electron chi connectivity index (χ0n) is 8.62. The molecule has 0 N–H and O–H groups in total. The largest absolute Gasteiger partial charge is 0.347 e. The van der Waals surface area contributed by atoms with Crippen LogP contribution in [-0.2, 0) is 0 Å². The summed E-state index contributed by atoms with van der Waals surface area (Å²) in [5.41, 5.74) is 0. The second-order valence-electron chi connectivity index (χ2n) is 4.19.